The molecule has 0 aliphatic carbocycles. The van der Waals surface area contributed by atoms with Crippen molar-refractivity contribution in [2.45, 2.75) is 57.8 Å². The van der Waals surface area contributed by atoms with Gasteiger partial charge in [-0.3, -0.25) is 4.90 Å². The topological polar surface area (TPSA) is 54.8 Å². The fourth-order valence-corrected chi connectivity index (χ4v) is 5.22. The molecular weight excluding hydrogens is 424 g/mol. The second-order valence-corrected chi connectivity index (χ2v) is 9.62. The van der Waals surface area contributed by atoms with Gasteiger partial charge in [-0.25, -0.2) is 4.98 Å². The number of rotatable bonds is 7. The molecule has 3 aromatic rings. The predicted molar refractivity (Wildman–Crippen MR) is 134 cm³/mol. The van der Waals surface area contributed by atoms with Crippen molar-refractivity contribution in [3.63, 3.8) is 0 Å². The standard InChI is InChI=1S/C29H34N2O3/c1-20(32)15-21-5-6-22-8-10-27(34-28(22)16-21)26-9-7-23(24-11-12-30-29(18-24)33-2)17-25(26)19-31-13-3-4-14-31/h5-7,9,11-12,16-18,20,27,32H,3-4,8,10,13-15,19H2,1-2H3. The molecule has 3 heterocycles. The van der Waals surface area contributed by atoms with E-state index in [-0.39, 0.29) is 12.2 Å². The smallest absolute Gasteiger partial charge is 0.213 e. The summed E-state index contributed by atoms with van der Waals surface area (Å²) in [4.78, 5) is 6.81. The van der Waals surface area contributed by atoms with E-state index < -0.39 is 0 Å². The van der Waals surface area contributed by atoms with Crippen LogP contribution >= 0.6 is 0 Å². The average molecular weight is 459 g/mol. The lowest BCUT2D eigenvalue weighted by molar-refractivity contribution is 0.173. The van der Waals surface area contributed by atoms with Gasteiger partial charge in [0.05, 0.1) is 13.2 Å². The Hall–Kier alpha value is -2.89. The maximum Gasteiger partial charge on any atom is 0.213 e. The number of benzene rings is 2. The first-order chi connectivity index (χ1) is 16.6. The van der Waals surface area contributed by atoms with Gasteiger partial charge in [0, 0.05) is 18.8 Å². The zero-order valence-electron chi connectivity index (χ0n) is 20.2. The molecule has 2 aromatic carbocycles. The normalized spacial score (nSPS) is 18.9. The average Bonchev–Trinajstić information content (AvgIpc) is 3.36. The first-order valence-electron chi connectivity index (χ1n) is 12.4. The van der Waals surface area contributed by atoms with Gasteiger partial charge in [0.1, 0.15) is 11.9 Å². The van der Waals surface area contributed by atoms with Crippen LogP contribution in [-0.4, -0.2) is 41.3 Å². The molecule has 2 aliphatic rings. The van der Waals surface area contributed by atoms with Crippen molar-refractivity contribution in [1.82, 2.24) is 9.88 Å². The van der Waals surface area contributed by atoms with Crippen LogP contribution in [0.2, 0.25) is 0 Å². The van der Waals surface area contributed by atoms with Gasteiger partial charge in [0.15, 0.2) is 0 Å². The van der Waals surface area contributed by atoms with Crippen molar-refractivity contribution in [3.8, 4) is 22.8 Å². The molecule has 0 spiro atoms. The second-order valence-electron chi connectivity index (χ2n) is 9.62. The van der Waals surface area contributed by atoms with Gasteiger partial charge in [0.25, 0.3) is 0 Å². The molecule has 2 atom stereocenters. The molecule has 1 N–H and O–H groups in total. The number of aryl methyl sites for hydroxylation is 1. The molecule has 5 rings (SSSR count). The Morgan fingerprint density at radius 2 is 1.91 bits per heavy atom. The van der Waals surface area contributed by atoms with E-state index in [1.54, 1.807) is 13.3 Å². The molecule has 0 radical (unpaired) electrons. The largest absolute Gasteiger partial charge is 0.485 e. The highest BCUT2D eigenvalue weighted by Crippen LogP contribution is 2.38. The van der Waals surface area contributed by atoms with Gasteiger partial charge in [0.2, 0.25) is 5.88 Å². The number of hydrogen-bond donors (Lipinski definition) is 1. The summed E-state index contributed by atoms with van der Waals surface area (Å²) >= 11 is 0. The number of hydrogen-bond acceptors (Lipinski definition) is 5. The van der Waals surface area contributed by atoms with Crippen LogP contribution < -0.4 is 9.47 Å². The summed E-state index contributed by atoms with van der Waals surface area (Å²) in [5.41, 5.74) is 7.28. The Morgan fingerprint density at radius 1 is 1.09 bits per heavy atom. The van der Waals surface area contributed by atoms with Crippen LogP contribution in [0.1, 0.15) is 54.5 Å². The van der Waals surface area contributed by atoms with E-state index in [1.165, 1.54) is 35.1 Å². The van der Waals surface area contributed by atoms with Gasteiger partial charge in [-0.2, -0.15) is 0 Å². The zero-order valence-corrected chi connectivity index (χ0v) is 20.2. The molecule has 0 saturated carbocycles. The molecule has 5 heteroatoms. The van der Waals surface area contributed by atoms with E-state index in [0.29, 0.717) is 12.3 Å². The highest BCUT2D eigenvalue weighted by Gasteiger charge is 2.25. The zero-order chi connectivity index (χ0) is 23.5. The maximum absolute atomic E-state index is 9.81. The molecule has 0 amide bonds. The predicted octanol–water partition coefficient (Wildman–Crippen LogP) is 5.34. The Bertz CT molecular complexity index is 1140. The molecule has 1 aromatic heterocycles. The molecule has 1 saturated heterocycles. The van der Waals surface area contributed by atoms with Crippen LogP contribution in [-0.2, 0) is 19.4 Å². The fraction of sp³-hybridized carbons (Fsp3) is 0.414. The lowest BCUT2D eigenvalue weighted by Gasteiger charge is -2.29. The quantitative estimate of drug-likeness (QED) is 0.518. The minimum Gasteiger partial charge on any atom is -0.485 e. The van der Waals surface area contributed by atoms with Crippen molar-refractivity contribution in [1.29, 1.82) is 0 Å². The van der Waals surface area contributed by atoms with E-state index in [4.69, 9.17) is 9.47 Å². The molecule has 2 unspecified atom stereocenters. The number of aliphatic hydroxyl groups excluding tert-OH is 1. The van der Waals surface area contributed by atoms with Crippen LogP contribution in [0.4, 0.5) is 0 Å². The second kappa shape index (κ2) is 10.2. The monoisotopic (exact) mass is 458 g/mol. The summed E-state index contributed by atoms with van der Waals surface area (Å²) in [6.45, 7) is 5.08. The molecular formula is C29H34N2O3. The van der Waals surface area contributed by atoms with Crippen LogP contribution in [0.15, 0.2) is 54.7 Å². The van der Waals surface area contributed by atoms with Crippen molar-refractivity contribution >= 4 is 0 Å². The number of methoxy groups -OCH3 is 1. The molecule has 0 bridgehead atoms. The molecule has 5 nitrogen and oxygen atoms in total. The Labute approximate surface area is 202 Å². The number of aliphatic hydroxyl groups is 1. The first kappa shape index (κ1) is 22.9. The van der Waals surface area contributed by atoms with Crippen LogP contribution in [0.5, 0.6) is 11.6 Å². The number of ether oxygens (including phenoxy) is 2. The van der Waals surface area contributed by atoms with E-state index in [9.17, 15) is 5.11 Å². The first-order valence-corrected chi connectivity index (χ1v) is 12.4. The summed E-state index contributed by atoms with van der Waals surface area (Å²) in [6, 6.07) is 17.2. The number of pyridine rings is 1. The van der Waals surface area contributed by atoms with E-state index >= 15 is 0 Å². The van der Waals surface area contributed by atoms with Gasteiger partial charge in [-0.15, -0.1) is 0 Å². The molecule has 178 valence electrons. The van der Waals surface area contributed by atoms with Gasteiger partial charge in [-0.05, 0) is 104 Å². The Morgan fingerprint density at radius 3 is 2.71 bits per heavy atom. The highest BCUT2D eigenvalue weighted by molar-refractivity contribution is 5.66. The molecule has 1 fully saturated rings. The van der Waals surface area contributed by atoms with Gasteiger partial charge < -0.3 is 14.6 Å². The van der Waals surface area contributed by atoms with Crippen molar-refractivity contribution < 1.29 is 14.6 Å². The van der Waals surface area contributed by atoms with Gasteiger partial charge >= 0.3 is 0 Å². The third-order valence-electron chi connectivity index (χ3n) is 6.97. The maximum atomic E-state index is 9.81. The lowest BCUT2D eigenvalue weighted by atomic mass is 9.91. The Kier molecular flexibility index (Phi) is 6.84. The minimum absolute atomic E-state index is 0.0351. The summed E-state index contributed by atoms with van der Waals surface area (Å²) in [6.07, 6.45) is 6.64. The van der Waals surface area contributed by atoms with Crippen LogP contribution in [0, 0.1) is 0 Å². The third-order valence-corrected chi connectivity index (χ3v) is 6.97. The van der Waals surface area contributed by atoms with E-state index in [2.05, 4.69) is 46.3 Å². The van der Waals surface area contributed by atoms with Crippen LogP contribution in [0.25, 0.3) is 11.1 Å². The number of fused-ring (bicyclic) bond motifs is 1. The summed E-state index contributed by atoms with van der Waals surface area (Å²) in [5.74, 6) is 1.59. The summed E-state index contributed by atoms with van der Waals surface area (Å²) in [7, 11) is 1.65. The highest BCUT2D eigenvalue weighted by atomic mass is 16.5. The summed E-state index contributed by atoms with van der Waals surface area (Å²) in [5, 5.41) is 9.81. The lowest BCUT2D eigenvalue weighted by Crippen LogP contribution is -2.22. The fourth-order valence-electron chi connectivity index (χ4n) is 5.22. The van der Waals surface area contributed by atoms with Gasteiger partial charge in [-0.1, -0.05) is 24.3 Å². The molecule has 34 heavy (non-hydrogen) atoms. The number of likely N-dealkylation sites (tertiary alicyclic amines) is 1. The van der Waals surface area contributed by atoms with E-state index in [0.717, 1.165) is 49.4 Å². The molecule has 2 aliphatic heterocycles. The van der Waals surface area contributed by atoms with Crippen molar-refractivity contribution in [3.05, 3.63) is 77.0 Å². The Balaban J connectivity index is 1.46. The number of nitrogens with zero attached hydrogens (tertiary/aromatic N) is 2. The third kappa shape index (κ3) is 5.11. The van der Waals surface area contributed by atoms with Crippen molar-refractivity contribution in [2.24, 2.45) is 0 Å². The summed E-state index contributed by atoms with van der Waals surface area (Å²) < 4.78 is 11.9. The van der Waals surface area contributed by atoms with E-state index in [1.807, 2.05) is 19.1 Å². The SMILES string of the molecule is COc1cc(-c2ccc(C3CCc4ccc(CC(C)O)cc4O3)c(CN3CCCC3)c2)ccn1. The van der Waals surface area contributed by atoms with Crippen molar-refractivity contribution in [2.75, 3.05) is 20.2 Å². The minimum atomic E-state index is -0.358. The van der Waals surface area contributed by atoms with Crippen LogP contribution in [0.3, 0.4) is 0 Å². The number of aromatic nitrogens is 1.